The third kappa shape index (κ3) is 4.71. The van der Waals surface area contributed by atoms with Gasteiger partial charge >= 0.3 is 0 Å². The summed E-state index contributed by atoms with van der Waals surface area (Å²) < 4.78 is 13.9. The molecule has 0 bridgehead atoms. The number of piperidine rings is 1. The number of likely N-dealkylation sites (tertiary alicyclic amines) is 1. The van der Waals surface area contributed by atoms with Crippen LogP contribution in [0.3, 0.4) is 0 Å². The van der Waals surface area contributed by atoms with Gasteiger partial charge in [-0.1, -0.05) is 26.0 Å². The summed E-state index contributed by atoms with van der Waals surface area (Å²) >= 11 is 1.55. The zero-order valence-corrected chi connectivity index (χ0v) is 16.4. The van der Waals surface area contributed by atoms with Crippen LogP contribution in [0.15, 0.2) is 29.6 Å². The lowest BCUT2D eigenvalue weighted by Gasteiger charge is -2.32. The topological polar surface area (TPSA) is 62.3 Å². The van der Waals surface area contributed by atoms with Crippen molar-refractivity contribution in [2.24, 2.45) is 5.92 Å². The van der Waals surface area contributed by atoms with Crippen LogP contribution in [0.1, 0.15) is 53.7 Å². The van der Waals surface area contributed by atoms with Gasteiger partial charge in [-0.3, -0.25) is 9.59 Å². The van der Waals surface area contributed by atoms with Crippen molar-refractivity contribution in [1.82, 2.24) is 15.2 Å². The predicted octanol–water partition coefficient (Wildman–Crippen LogP) is 3.57. The second kappa shape index (κ2) is 8.61. The summed E-state index contributed by atoms with van der Waals surface area (Å²) in [6, 6.07) is 6.10. The Labute approximate surface area is 162 Å². The van der Waals surface area contributed by atoms with E-state index in [2.05, 4.69) is 10.3 Å². The number of thiazole rings is 1. The standard InChI is InChI=1S/C20H24FN3O2S/c1-13(2)18(25)22-10-15-12-27-19(23-15)14-6-5-9-24(11-14)20(26)16-7-3-4-8-17(16)21/h3-4,7-8,12-14H,5-6,9-11H2,1-2H3,(H,22,25)/t14-/m1/s1. The maximum absolute atomic E-state index is 13.9. The van der Waals surface area contributed by atoms with Gasteiger partial charge in [-0.15, -0.1) is 11.3 Å². The number of halogens is 1. The first-order valence-corrected chi connectivity index (χ1v) is 10.1. The molecule has 2 aromatic rings. The Morgan fingerprint density at radius 1 is 1.37 bits per heavy atom. The minimum absolute atomic E-state index is 0.00359. The monoisotopic (exact) mass is 389 g/mol. The maximum Gasteiger partial charge on any atom is 0.256 e. The Bertz CT molecular complexity index is 821. The quantitative estimate of drug-likeness (QED) is 0.850. The highest BCUT2D eigenvalue weighted by Crippen LogP contribution is 2.30. The molecule has 0 aliphatic carbocycles. The molecule has 2 amide bonds. The van der Waals surface area contributed by atoms with Crippen LogP contribution in [0.5, 0.6) is 0 Å². The first-order valence-electron chi connectivity index (χ1n) is 9.21. The molecule has 5 nitrogen and oxygen atoms in total. The number of nitrogens with zero attached hydrogens (tertiary/aromatic N) is 2. The van der Waals surface area contributed by atoms with Gasteiger partial charge in [0.25, 0.3) is 5.91 Å². The molecular formula is C20H24FN3O2S. The number of carbonyl (C=O) groups excluding carboxylic acids is 2. The highest BCUT2D eigenvalue weighted by molar-refractivity contribution is 7.09. The molecule has 1 aliphatic rings. The predicted molar refractivity (Wildman–Crippen MR) is 103 cm³/mol. The van der Waals surface area contributed by atoms with Crippen LogP contribution in [0, 0.1) is 11.7 Å². The van der Waals surface area contributed by atoms with E-state index in [1.807, 2.05) is 19.2 Å². The van der Waals surface area contributed by atoms with E-state index >= 15 is 0 Å². The number of benzene rings is 1. The van der Waals surface area contributed by atoms with Crippen molar-refractivity contribution in [2.45, 2.75) is 39.2 Å². The summed E-state index contributed by atoms with van der Waals surface area (Å²) in [5.74, 6) is -0.655. The molecule has 1 saturated heterocycles. The average molecular weight is 389 g/mol. The van der Waals surface area contributed by atoms with Gasteiger partial charge in [-0.05, 0) is 25.0 Å². The molecule has 0 radical (unpaired) electrons. The van der Waals surface area contributed by atoms with E-state index in [1.165, 1.54) is 12.1 Å². The van der Waals surface area contributed by atoms with E-state index < -0.39 is 5.82 Å². The first-order chi connectivity index (χ1) is 13.0. The van der Waals surface area contributed by atoms with Crippen molar-refractivity contribution >= 4 is 23.2 Å². The first kappa shape index (κ1) is 19.5. The summed E-state index contributed by atoms with van der Waals surface area (Å²) in [4.78, 5) is 30.7. The van der Waals surface area contributed by atoms with Crippen LogP contribution in [0.4, 0.5) is 4.39 Å². The summed E-state index contributed by atoms with van der Waals surface area (Å²) in [5, 5.41) is 5.79. The second-order valence-corrected chi connectivity index (χ2v) is 8.01. The molecule has 3 rings (SSSR count). The molecule has 1 fully saturated rings. The van der Waals surface area contributed by atoms with Crippen molar-refractivity contribution in [2.75, 3.05) is 13.1 Å². The molecular weight excluding hydrogens is 365 g/mol. The molecule has 0 saturated carbocycles. The summed E-state index contributed by atoms with van der Waals surface area (Å²) in [6.07, 6.45) is 1.82. The van der Waals surface area contributed by atoms with E-state index in [0.29, 0.717) is 19.6 Å². The average Bonchev–Trinajstić information content (AvgIpc) is 3.15. The lowest BCUT2D eigenvalue weighted by Crippen LogP contribution is -2.39. The Kier molecular flexibility index (Phi) is 6.21. The molecule has 144 valence electrons. The van der Waals surface area contributed by atoms with Gasteiger partial charge in [0.1, 0.15) is 5.82 Å². The molecule has 1 aromatic carbocycles. The Hall–Kier alpha value is -2.28. The minimum atomic E-state index is -0.484. The van der Waals surface area contributed by atoms with Crippen LogP contribution in [-0.2, 0) is 11.3 Å². The highest BCUT2D eigenvalue weighted by Gasteiger charge is 2.28. The van der Waals surface area contributed by atoms with Gasteiger partial charge in [-0.2, -0.15) is 0 Å². The Morgan fingerprint density at radius 3 is 2.89 bits per heavy atom. The molecule has 0 unspecified atom stereocenters. The SMILES string of the molecule is CC(C)C(=O)NCc1csc([C@@H]2CCCN(C(=O)c3ccccc3F)C2)n1. The number of hydrogen-bond donors (Lipinski definition) is 1. The maximum atomic E-state index is 13.9. The largest absolute Gasteiger partial charge is 0.350 e. The van der Waals surface area contributed by atoms with Crippen LogP contribution in [0.25, 0.3) is 0 Å². The molecule has 0 spiro atoms. The minimum Gasteiger partial charge on any atom is -0.350 e. The van der Waals surface area contributed by atoms with Crippen LogP contribution in [-0.4, -0.2) is 34.8 Å². The fourth-order valence-corrected chi connectivity index (χ4v) is 4.09. The molecule has 27 heavy (non-hydrogen) atoms. The molecule has 1 aromatic heterocycles. The molecule has 7 heteroatoms. The number of amides is 2. The van der Waals surface area contributed by atoms with Crippen LogP contribution in [0.2, 0.25) is 0 Å². The summed E-state index contributed by atoms with van der Waals surface area (Å²) in [6.45, 7) is 5.29. The summed E-state index contributed by atoms with van der Waals surface area (Å²) in [5.41, 5.74) is 0.955. The van der Waals surface area contributed by atoms with Gasteiger partial charge in [0.05, 0.1) is 22.8 Å². The molecule has 1 aliphatic heterocycles. The fraction of sp³-hybridized carbons (Fsp3) is 0.450. The molecule has 1 atom stereocenters. The van der Waals surface area contributed by atoms with Crippen LogP contribution >= 0.6 is 11.3 Å². The highest BCUT2D eigenvalue weighted by atomic mass is 32.1. The Morgan fingerprint density at radius 2 is 2.15 bits per heavy atom. The van der Waals surface area contributed by atoms with E-state index in [9.17, 15) is 14.0 Å². The van der Waals surface area contributed by atoms with Crippen molar-refractivity contribution in [3.05, 3.63) is 51.7 Å². The lowest BCUT2D eigenvalue weighted by atomic mass is 9.98. The smallest absolute Gasteiger partial charge is 0.256 e. The van der Waals surface area contributed by atoms with Gasteiger partial charge in [0.2, 0.25) is 5.91 Å². The van der Waals surface area contributed by atoms with E-state index in [-0.39, 0.29) is 29.2 Å². The van der Waals surface area contributed by atoms with Gasteiger partial charge in [-0.25, -0.2) is 9.37 Å². The van der Waals surface area contributed by atoms with Gasteiger partial charge in [0.15, 0.2) is 0 Å². The van der Waals surface area contributed by atoms with Crippen molar-refractivity contribution in [3.63, 3.8) is 0 Å². The normalized spacial score (nSPS) is 17.2. The van der Waals surface area contributed by atoms with Gasteiger partial charge < -0.3 is 10.2 Å². The van der Waals surface area contributed by atoms with Crippen molar-refractivity contribution in [3.8, 4) is 0 Å². The third-order valence-electron chi connectivity index (χ3n) is 4.70. The van der Waals surface area contributed by atoms with Crippen molar-refractivity contribution in [1.29, 1.82) is 0 Å². The third-order valence-corrected chi connectivity index (χ3v) is 5.76. The summed E-state index contributed by atoms with van der Waals surface area (Å²) in [7, 11) is 0. The van der Waals surface area contributed by atoms with E-state index in [0.717, 1.165) is 23.5 Å². The van der Waals surface area contributed by atoms with Crippen LogP contribution < -0.4 is 5.32 Å². The van der Waals surface area contributed by atoms with Gasteiger partial charge in [0, 0.05) is 30.3 Å². The second-order valence-electron chi connectivity index (χ2n) is 7.12. The van der Waals surface area contributed by atoms with E-state index in [4.69, 9.17) is 0 Å². The number of hydrogen-bond acceptors (Lipinski definition) is 4. The zero-order chi connectivity index (χ0) is 19.4. The molecule has 2 heterocycles. The van der Waals surface area contributed by atoms with Crippen molar-refractivity contribution < 1.29 is 14.0 Å². The number of carbonyl (C=O) groups is 2. The lowest BCUT2D eigenvalue weighted by molar-refractivity contribution is -0.124. The Balaban J connectivity index is 1.64. The van der Waals surface area contributed by atoms with E-state index in [1.54, 1.807) is 28.4 Å². The molecule has 1 N–H and O–H groups in total. The number of aromatic nitrogens is 1. The number of nitrogens with one attached hydrogen (secondary N) is 1. The fourth-order valence-electron chi connectivity index (χ4n) is 3.14. The zero-order valence-electron chi connectivity index (χ0n) is 15.6. The number of rotatable bonds is 5.